The van der Waals surface area contributed by atoms with Crippen LogP contribution in [0.3, 0.4) is 0 Å². The van der Waals surface area contributed by atoms with Crippen molar-refractivity contribution in [2.45, 2.75) is 70.6 Å². The van der Waals surface area contributed by atoms with Crippen LogP contribution in [0.25, 0.3) is 22.0 Å². The standard InChI is InChI=1S/C41H36ClF6N7O3/c1-19(2)39(57)51-38-32-28(42)11-9-25(35(32)54(5)53-38)24-7-6-23(12-13-40(3,4)58)49-33(24)29(16-20-14-21(43)17-22(44)15-20)50-30(56)18-55-36-31(34(52-55)37(45)46)26-8-10-27(26)41(36,47)48/h6-11,14-15,17,19,26-27,29,37,58H,16,18H2,1-5H3,(H,50,56)(H,51,53,57)/t26-,27+,29-/m0/s1. The Morgan fingerprint density at radius 3 is 2.33 bits per heavy atom. The van der Waals surface area contributed by atoms with Crippen LogP contribution in [0, 0.1) is 35.3 Å². The van der Waals surface area contributed by atoms with Crippen LogP contribution in [0.2, 0.25) is 5.02 Å². The molecule has 0 radical (unpaired) electrons. The van der Waals surface area contributed by atoms with Crippen LogP contribution in [0.15, 0.2) is 54.6 Å². The van der Waals surface area contributed by atoms with Crippen molar-refractivity contribution in [3.8, 4) is 23.0 Å². The Labute approximate surface area is 333 Å². The van der Waals surface area contributed by atoms with Gasteiger partial charge >= 0.3 is 0 Å². The number of amides is 2. The predicted molar refractivity (Wildman–Crippen MR) is 203 cm³/mol. The number of allylic oxidation sites excluding steroid dienone is 2. The Hall–Kier alpha value is -5.66. The first-order valence-corrected chi connectivity index (χ1v) is 18.5. The van der Waals surface area contributed by atoms with Crippen LogP contribution in [0.4, 0.5) is 32.2 Å². The van der Waals surface area contributed by atoms with Gasteiger partial charge in [-0.1, -0.05) is 49.6 Å². The van der Waals surface area contributed by atoms with Crippen LogP contribution >= 0.6 is 11.6 Å². The minimum absolute atomic E-state index is 0.0677. The topological polar surface area (TPSA) is 127 Å². The number of nitrogens with zero attached hydrogens (tertiary/aromatic N) is 5. The first kappa shape index (κ1) is 40.5. The molecule has 2 aliphatic rings. The summed E-state index contributed by atoms with van der Waals surface area (Å²) in [5.74, 6) is -3.82. The van der Waals surface area contributed by atoms with Gasteiger partial charge in [-0.25, -0.2) is 22.5 Å². The van der Waals surface area contributed by atoms with Gasteiger partial charge in [-0.15, -0.1) is 0 Å². The Balaban J connectivity index is 1.38. The molecule has 0 saturated heterocycles. The fourth-order valence-corrected chi connectivity index (χ4v) is 7.56. The predicted octanol–water partition coefficient (Wildman–Crippen LogP) is 7.89. The second-order valence-electron chi connectivity index (χ2n) is 15.1. The lowest BCUT2D eigenvalue weighted by molar-refractivity contribution is -0.123. The van der Waals surface area contributed by atoms with Gasteiger partial charge in [0, 0.05) is 41.6 Å². The average molecular weight is 824 g/mol. The monoisotopic (exact) mass is 823 g/mol. The summed E-state index contributed by atoms with van der Waals surface area (Å²) in [6, 6.07) is 7.83. The number of rotatable bonds is 10. The lowest BCUT2D eigenvalue weighted by Crippen LogP contribution is -2.35. The SMILES string of the molecule is CC(C)C(=O)Nc1nn(C)c2c(-c3ccc(C#CC(C)(C)O)nc3[C@H](Cc3cc(F)cc(F)c3)NC(=O)Cn3nc(C(F)F)c4c3C(F)(F)[C@@H]3C=C[C@H]43)ccc(Cl)c12. The zero-order valence-corrected chi connectivity index (χ0v) is 32.4. The molecule has 17 heteroatoms. The first-order valence-electron chi connectivity index (χ1n) is 18.2. The van der Waals surface area contributed by atoms with Crippen molar-refractivity contribution in [3.05, 3.63) is 105 Å². The van der Waals surface area contributed by atoms with E-state index in [0.29, 0.717) is 32.8 Å². The van der Waals surface area contributed by atoms with Crippen LogP contribution in [-0.4, -0.2) is 47.1 Å². The van der Waals surface area contributed by atoms with E-state index in [-0.39, 0.29) is 45.7 Å². The first-order chi connectivity index (χ1) is 27.2. The number of halogens is 7. The smallest absolute Gasteiger partial charge is 0.296 e. The number of anilines is 1. The molecule has 7 rings (SSSR count). The summed E-state index contributed by atoms with van der Waals surface area (Å²) in [5.41, 5.74) is -1.96. The Morgan fingerprint density at radius 2 is 1.71 bits per heavy atom. The van der Waals surface area contributed by atoms with Crippen molar-refractivity contribution in [2.24, 2.45) is 18.9 Å². The van der Waals surface area contributed by atoms with Gasteiger partial charge in [-0.2, -0.15) is 19.0 Å². The van der Waals surface area contributed by atoms with Crippen molar-refractivity contribution in [2.75, 3.05) is 5.32 Å². The molecule has 5 aromatic rings. The number of hydrogen-bond donors (Lipinski definition) is 3. The van der Waals surface area contributed by atoms with E-state index in [0.717, 1.165) is 12.1 Å². The maximum Gasteiger partial charge on any atom is 0.296 e. The molecule has 0 saturated carbocycles. The van der Waals surface area contributed by atoms with E-state index >= 15 is 8.78 Å². The maximum absolute atomic E-state index is 15.6. The Kier molecular flexibility index (Phi) is 10.4. The van der Waals surface area contributed by atoms with Gasteiger partial charge in [0.25, 0.3) is 12.3 Å². The molecule has 302 valence electrons. The number of fused-ring (bicyclic) bond motifs is 4. The number of nitrogens with one attached hydrogen (secondary N) is 2. The Bertz CT molecular complexity index is 2560. The number of aromatic nitrogens is 5. The van der Waals surface area contributed by atoms with Gasteiger partial charge in [-0.3, -0.25) is 19.0 Å². The molecule has 0 bridgehead atoms. The van der Waals surface area contributed by atoms with Crippen LogP contribution in [-0.2, 0) is 35.5 Å². The van der Waals surface area contributed by atoms with Crippen molar-refractivity contribution in [1.82, 2.24) is 29.9 Å². The molecule has 3 aromatic heterocycles. The molecule has 0 unspecified atom stereocenters. The van der Waals surface area contributed by atoms with Crippen molar-refractivity contribution < 1.29 is 41.0 Å². The number of benzene rings is 2. The number of aryl methyl sites for hydroxylation is 1. The van der Waals surface area contributed by atoms with E-state index in [1.165, 1.54) is 30.7 Å². The zero-order valence-electron chi connectivity index (χ0n) is 31.6. The average Bonchev–Trinajstić information content (AvgIpc) is 3.68. The van der Waals surface area contributed by atoms with E-state index in [9.17, 15) is 32.3 Å². The molecule has 0 aliphatic heterocycles. The molecule has 2 aromatic carbocycles. The molecule has 2 aliphatic carbocycles. The molecule has 3 atom stereocenters. The molecule has 0 spiro atoms. The minimum Gasteiger partial charge on any atom is -0.378 e. The highest BCUT2D eigenvalue weighted by Gasteiger charge is 2.60. The van der Waals surface area contributed by atoms with Gasteiger partial charge in [-0.05, 0) is 62.1 Å². The van der Waals surface area contributed by atoms with Crippen LogP contribution in [0.1, 0.15) is 80.0 Å². The molecular formula is C41H36ClF6N7O3. The highest BCUT2D eigenvalue weighted by atomic mass is 35.5. The molecule has 10 nitrogen and oxygen atoms in total. The van der Waals surface area contributed by atoms with E-state index < -0.39 is 77.2 Å². The second kappa shape index (κ2) is 14.9. The third kappa shape index (κ3) is 7.56. The van der Waals surface area contributed by atoms with Gasteiger partial charge in [0.1, 0.15) is 40.9 Å². The normalized spacial score (nSPS) is 17.2. The summed E-state index contributed by atoms with van der Waals surface area (Å²) >= 11 is 6.69. The highest BCUT2D eigenvalue weighted by Crippen LogP contribution is 2.60. The van der Waals surface area contributed by atoms with Gasteiger partial charge in [0.05, 0.1) is 33.6 Å². The number of alkyl halides is 4. The van der Waals surface area contributed by atoms with Gasteiger partial charge < -0.3 is 15.7 Å². The third-order valence-corrected chi connectivity index (χ3v) is 10.3. The molecule has 58 heavy (non-hydrogen) atoms. The Morgan fingerprint density at radius 1 is 1.02 bits per heavy atom. The van der Waals surface area contributed by atoms with Gasteiger partial charge in [0.15, 0.2) is 5.82 Å². The second-order valence-corrected chi connectivity index (χ2v) is 15.5. The van der Waals surface area contributed by atoms with Crippen LogP contribution < -0.4 is 10.6 Å². The largest absolute Gasteiger partial charge is 0.378 e. The van der Waals surface area contributed by atoms with E-state index in [2.05, 4.69) is 32.7 Å². The van der Waals surface area contributed by atoms with Gasteiger partial charge in [0.2, 0.25) is 11.8 Å². The lowest BCUT2D eigenvalue weighted by atomic mass is 9.81. The van der Waals surface area contributed by atoms with E-state index in [1.54, 1.807) is 45.2 Å². The fourth-order valence-electron chi connectivity index (χ4n) is 7.32. The summed E-state index contributed by atoms with van der Waals surface area (Å²) in [5, 5.41) is 24.8. The third-order valence-electron chi connectivity index (χ3n) is 9.94. The minimum atomic E-state index is -3.59. The summed E-state index contributed by atoms with van der Waals surface area (Å²) in [4.78, 5) is 31.5. The molecular weight excluding hydrogens is 788 g/mol. The van der Waals surface area contributed by atoms with E-state index in [1.807, 2.05) is 0 Å². The van der Waals surface area contributed by atoms with Crippen LogP contribution in [0.5, 0.6) is 0 Å². The summed E-state index contributed by atoms with van der Waals surface area (Å²) in [6.45, 7) is 5.40. The quantitative estimate of drug-likeness (QED) is 0.0748. The number of carbonyl (C=O) groups excluding carboxylic acids is 2. The summed E-state index contributed by atoms with van der Waals surface area (Å²) in [6.07, 6.45) is -0.880. The fraction of sp³-hybridized carbons (Fsp3) is 0.341. The number of hydrogen-bond acceptors (Lipinski definition) is 6. The summed E-state index contributed by atoms with van der Waals surface area (Å²) < 4.78 is 90.8. The lowest BCUT2D eigenvalue weighted by Gasteiger charge is -2.27. The number of pyridine rings is 1. The number of carbonyl (C=O) groups is 2. The molecule has 3 heterocycles. The highest BCUT2D eigenvalue weighted by molar-refractivity contribution is 6.37. The maximum atomic E-state index is 15.6. The van der Waals surface area contributed by atoms with Crippen molar-refractivity contribution in [3.63, 3.8) is 0 Å². The van der Waals surface area contributed by atoms with E-state index in [4.69, 9.17) is 16.6 Å². The molecule has 2 amide bonds. The zero-order chi connectivity index (χ0) is 42.0. The molecule has 3 N–H and O–H groups in total. The van der Waals surface area contributed by atoms with Crippen molar-refractivity contribution in [1.29, 1.82) is 0 Å². The summed E-state index contributed by atoms with van der Waals surface area (Å²) in [7, 11) is 1.62. The van der Waals surface area contributed by atoms with Crippen molar-refractivity contribution >= 4 is 40.1 Å². The molecule has 0 fully saturated rings. The number of aliphatic hydroxyl groups is 1.